The van der Waals surface area contributed by atoms with Crippen molar-refractivity contribution in [1.29, 1.82) is 0 Å². The number of carbonyl (C=O) groups is 2. The molecule has 1 fully saturated rings. The minimum Gasteiger partial charge on any atom is -0.396 e. The van der Waals surface area contributed by atoms with Gasteiger partial charge in [-0.15, -0.1) is 11.3 Å². The SMILES string of the molecule is CCCCCC(=O)Nc1nc2c(s1)C[C@@H]1[C@](C)(CO)[C@H](O)CC[C@@]1(C)[C@@H]2CC(=O)N[C@H](C)c1ccccc1. The molecule has 1 aromatic carbocycles. The van der Waals surface area contributed by atoms with Crippen molar-refractivity contribution in [2.45, 2.75) is 97.1 Å². The van der Waals surface area contributed by atoms with E-state index in [-0.39, 0.29) is 48.1 Å². The molecule has 2 aliphatic carbocycles. The van der Waals surface area contributed by atoms with Crippen LogP contribution in [-0.4, -0.2) is 39.7 Å². The summed E-state index contributed by atoms with van der Waals surface area (Å²) in [6.07, 6.45) is 5.04. The first-order valence-corrected chi connectivity index (χ1v) is 14.9. The van der Waals surface area contributed by atoms with Gasteiger partial charge in [0.15, 0.2) is 5.13 Å². The van der Waals surface area contributed by atoms with E-state index in [1.54, 1.807) is 0 Å². The molecule has 2 aromatic rings. The van der Waals surface area contributed by atoms with Crippen molar-refractivity contribution in [2.24, 2.45) is 16.7 Å². The molecule has 1 aromatic heterocycles. The monoisotopic (exact) mass is 541 g/mol. The molecule has 38 heavy (non-hydrogen) atoms. The van der Waals surface area contributed by atoms with Crippen LogP contribution in [0, 0.1) is 16.7 Å². The average molecular weight is 542 g/mol. The van der Waals surface area contributed by atoms with E-state index in [0.29, 0.717) is 24.4 Å². The highest BCUT2D eigenvalue weighted by Gasteiger charge is 2.59. The van der Waals surface area contributed by atoms with E-state index in [2.05, 4.69) is 24.5 Å². The molecule has 0 unspecified atom stereocenters. The molecule has 1 saturated carbocycles. The molecule has 0 saturated heterocycles. The van der Waals surface area contributed by atoms with Gasteiger partial charge in [0.05, 0.1) is 24.4 Å². The maximum atomic E-state index is 13.4. The molecule has 8 heteroatoms. The maximum absolute atomic E-state index is 13.4. The third-order valence-electron chi connectivity index (χ3n) is 9.21. The molecule has 0 aliphatic heterocycles. The summed E-state index contributed by atoms with van der Waals surface area (Å²) in [7, 11) is 0. The van der Waals surface area contributed by atoms with Crippen molar-refractivity contribution in [1.82, 2.24) is 10.3 Å². The molecule has 208 valence electrons. The third-order valence-corrected chi connectivity index (χ3v) is 10.2. The number of nitrogens with zero attached hydrogens (tertiary/aromatic N) is 1. The summed E-state index contributed by atoms with van der Waals surface area (Å²) >= 11 is 1.47. The number of anilines is 1. The molecule has 7 nitrogen and oxygen atoms in total. The fraction of sp³-hybridized carbons (Fsp3) is 0.633. The molecular formula is C30H43N3O4S. The number of unbranched alkanes of at least 4 members (excludes halogenated alkanes) is 2. The number of benzene rings is 1. The number of hydrogen-bond acceptors (Lipinski definition) is 6. The van der Waals surface area contributed by atoms with Gasteiger partial charge in [-0.2, -0.15) is 0 Å². The van der Waals surface area contributed by atoms with E-state index in [4.69, 9.17) is 4.98 Å². The second-order valence-electron chi connectivity index (χ2n) is 11.8. The zero-order valence-electron chi connectivity index (χ0n) is 23.1. The molecule has 4 N–H and O–H groups in total. The fourth-order valence-electron chi connectivity index (χ4n) is 6.73. The maximum Gasteiger partial charge on any atom is 0.226 e. The molecule has 0 spiro atoms. The van der Waals surface area contributed by atoms with Crippen molar-refractivity contribution >= 4 is 28.3 Å². The van der Waals surface area contributed by atoms with Gasteiger partial charge in [-0.25, -0.2) is 4.98 Å². The highest BCUT2D eigenvalue weighted by Crippen LogP contribution is 2.62. The topological polar surface area (TPSA) is 112 Å². The van der Waals surface area contributed by atoms with E-state index < -0.39 is 11.5 Å². The van der Waals surface area contributed by atoms with Crippen LogP contribution in [0.15, 0.2) is 30.3 Å². The molecule has 4 rings (SSSR count). The lowest BCUT2D eigenvalue weighted by Crippen LogP contribution is -2.57. The van der Waals surface area contributed by atoms with Crippen molar-refractivity contribution in [3.8, 4) is 0 Å². The Kier molecular flexibility index (Phi) is 8.95. The van der Waals surface area contributed by atoms with Gasteiger partial charge in [-0.1, -0.05) is 63.9 Å². The number of aliphatic hydroxyl groups excluding tert-OH is 2. The highest BCUT2D eigenvalue weighted by molar-refractivity contribution is 7.15. The molecule has 2 amide bonds. The minimum atomic E-state index is -0.676. The number of aliphatic hydroxyl groups is 2. The predicted molar refractivity (Wildman–Crippen MR) is 151 cm³/mol. The van der Waals surface area contributed by atoms with Crippen LogP contribution >= 0.6 is 11.3 Å². The van der Waals surface area contributed by atoms with Crippen molar-refractivity contribution in [3.63, 3.8) is 0 Å². The Balaban J connectivity index is 1.62. The largest absolute Gasteiger partial charge is 0.396 e. The number of rotatable bonds is 10. The van der Waals surface area contributed by atoms with Gasteiger partial charge in [-0.05, 0) is 49.5 Å². The standard InChI is InChI=1S/C30H43N3O4S/c1-5-6-8-13-25(36)32-28-33-27-21(16-26(37)31-19(2)20-11-9-7-10-12-20)29(3)15-14-24(35)30(4,18-34)23(29)17-22(27)38-28/h7,9-12,19,21,23-24,34-35H,5-6,8,13-18H2,1-4H3,(H,31,37)(H,32,33,36)/t19-,21-,23+,24-,29+,30+/m1/s1. The van der Waals surface area contributed by atoms with Crippen LogP contribution in [-0.2, 0) is 16.0 Å². The number of aromatic nitrogens is 1. The number of carbonyl (C=O) groups excluding carboxylic acids is 2. The summed E-state index contributed by atoms with van der Waals surface area (Å²) in [5.41, 5.74) is 0.930. The normalized spacial score (nSPS) is 29.2. The predicted octanol–water partition coefficient (Wildman–Crippen LogP) is 5.34. The molecule has 1 heterocycles. The van der Waals surface area contributed by atoms with Crippen molar-refractivity contribution in [3.05, 3.63) is 46.5 Å². The lowest BCUT2D eigenvalue weighted by Gasteiger charge is -2.58. The number of fused-ring (bicyclic) bond motifs is 2. The Morgan fingerprint density at radius 2 is 1.92 bits per heavy atom. The number of thiazole rings is 1. The summed E-state index contributed by atoms with van der Waals surface area (Å²) in [4.78, 5) is 31.9. The Hall–Kier alpha value is -2.29. The van der Waals surface area contributed by atoms with Crippen LogP contribution in [0.5, 0.6) is 0 Å². The lowest BCUT2D eigenvalue weighted by molar-refractivity contribution is -0.144. The smallest absolute Gasteiger partial charge is 0.226 e. The minimum absolute atomic E-state index is 0.0193. The summed E-state index contributed by atoms with van der Waals surface area (Å²) in [6, 6.07) is 9.78. The summed E-state index contributed by atoms with van der Waals surface area (Å²) in [6.45, 7) is 8.14. The first kappa shape index (κ1) is 28.7. The molecule has 2 aliphatic rings. The van der Waals surface area contributed by atoms with Crippen molar-refractivity contribution < 1.29 is 19.8 Å². The van der Waals surface area contributed by atoms with Gasteiger partial charge in [-0.3, -0.25) is 9.59 Å². The van der Waals surface area contributed by atoms with Gasteiger partial charge in [0, 0.05) is 29.1 Å². The first-order valence-electron chi connectivity index (χ1n) is 14.0. The second kappa shape index (κ2) is 11.8. The Labute approximate surface area is 230 Å². The highest BCUT2D eigenvalue weighted by atomic mass is 32.1. The van der Waals surface area contributed by atoms with E-state index >= 15 is 0 Å². The van der Waals surface area contributed by atoms with Crippen LogP contribution in [0.3, 0.4) is 0 Å². The van der Waals surface area contributed by atoms with Gasteiger partial charge >= 0.3 is 0 Å². The first-order chi connectivity index (χ1) is 18.1. The summed E-state index contributed by atoms with van der Waals surface area (Å²) in [5, 5.41) is 28.2. The summed E-state index contributed by atoms with van der Waals surface area (Å²) < 4.78 is 0. The molecule has 0 bridgehead atoms. The Bertz CT molecular complexity index is 1120. The van der Waals surface area contributed by atoms with E-state index in [9.17, 15) is 19.8 Å². The number of amides is 2. The van der Waals surface area contributed by atoms with E-state index in [1.165, 1.54) is 11.3 Å². The second-order valence-corrected chi connectivity index (χ2v) is 12.9. The molecule has 6 atom stereocenters. The van der Waals surface area contributed by atoms with Gasteiger partial charge in [0.1, 0.15) is 0 Å². The molecule has 0 radical (unpaired) electrons. The van der Waals surface area contributed by atoms with Crippen LogP contribution < -0.4 is 10.6 Å². The van der Waals surface area contributed by atoms with Crippen LogP contribution in [0.4, 0.5) is 5.13 Å². The Morgan fingerprint density at radius 1 is 1.18 bits per heavy atom. The number of hydrogen-bond donors (Lipinski definition) is 4. The molecular weight excluding hydrogens is 498 g/mol. The van der Waals surface area contributed by atoms with Crippen LogP contribution in [0.25, 0.3) is 0 Å². The van der Waals surface area contributed by atoms with Crippen molar-refractivity contribution in [2.75, 3.05) is 11.9 Å². The van der Waals surface area contributed by atoms with Crippen LogP contribution in [0.1, 0.15) is 101 Å². The quantitative estimate of drug-likeness (QED) is 0.303. The third kappa shape index (κ3) is 5.68. The lowest BCUT2D eigenvalue weighted by atomic mass is 9.47. The Morgan fingerprint density at radius 3 is 2.61 bits per heavy atom. The van der Waals surface area contributed by atoms with Gasteiger partial charge < -0.3 is 20.8 Å². The van der Waals surface area contributed by atoms with Gasteiger partial charge in [0.2, 0.25) is 11.8 Å². The van der Waals surface area contributed by atoms with Gasteiger partial charge in [0.25, 0.3) is 0 Å². The zero-order chi connectivity index (χ0) is 27.5. The fourth-order valence-corrected chi connectivity index (χ4v) is 7.81. The van der Waals surface area contributed by atoms with E-state index in [1.807, 2.05) is 44.2 Å². The van der Waals surface area contributed by atoms with Crippen LogP contribution in [0.2, 0.25) is 0 Å². The summed E-state index contributed by atoms with van der Waals surface area (Å²) in [5.74, 6) is -0.280. The van der Waals surface area contributed by atoms with E-state index in [0.717, 1.165) is 41.8 Å². The average Bonchev–Trinajstić information content (AvgIpc) is 3.30. The number of nitrogens with one attached hydrogen (secondary N) is 2. The zero-order valence-corrected chi connectivity index (χ0v) is 23.9.